The summed E-state index contributed by atoms with van der Waals surface area (Å²) in [5, 5.41) is 10.6. The number of anilines is 1. The van der Waals surface area contributed by atoms with E-state index < -0.39 is 0 Å². The number of benzene rings is 2. The Morgan fingerprint density at radius 2 is 1.92 bits per heavy atom. The van der Waals surface area contributed by atoms with Crippen molar-refractivity contribution in [3.05, 3.63) is 59.2 Å². The molecule has 0 unspecified atom stereocenters. The molecule has 1 amide bonds. The van der Waals surface area contributed by atoms with E-state index in [1.807, 2.05) is 63.2 Å². The second-order valence-corrected chi connectivity index (χ2v) is 6.93. The van der Waals surface area contributed by atoms with Crippen molar-refractivity contribution in [3.8, 4) is 11.4 Å². The number of amides is 1. The van der Waals surface area contributed by atoms with Crippen molar-refractivity contribution < 1.29 is 4.79 Å². The summed E-state index contributed by atoms with van der Waals surface area (Å²) in [6.45, 7) is 6.02. The van der Waals surface area contributed by atoms with Crippen molar-refractivity contribution in [2.24, 2.45) is 0 Å². The SMILES string of the molecule is Cc1cccc(-c2nc(SCC(=O)Nc3cc(C)ccc3C)n[nH]2)c1. The first-order valence-electron chi connectivity index (χ1n) is 8.00. The second kappa shape index (κ2) is 7.53. The van der Waals surface area contributed by atoms with Crippen LogP contribution in [0.15, 0.2) is 47.6 Å². The number of carbonyl (C=O) groups excluding carboxylic acids is 1. The van der Waals surface area contributed by atoms with Gasteiger partial charge in [0.15, 0.2) is 5.82 Å². The molecule has 3 rings (SSSR count). The maximum absolute atomic E-state index is 12.2. The van der Waals surface area contributed by atoms with Gasteiger partial charge in [-0.15, -0.1) is 5.10 Å². The van der Waals surface area contributed by atoms with Gasteiger partial charge in [0.05, 0.1) is 5.75 Å². The van der Waals surface area contributed by atoms with Crippen LogP contribution in [0.2, 0.25) is 0 Å². The number of hydrogen-bond donors (Lipinski definition) is 2. The summed E-state index contributed by atoms with van der Waals surface area (Å²) >= 11 is 1.31. The third-order valence-electron chi connectivity index (χ3n) is 3.76. The van der Waals surface area contributed by atoms with Gasteiger partial charge in [0.25, 0.3) is 0 Å². The number of aromatic nitrogens is 3. The molecule has 1 heterocycles. The summed E-state index contributed by atoms with van der Waals surface area (Å²) in [6, 6.07) is 14.0. The fourth-order valence-corrected chi connectivity index (χ4v) is 3.02. The van der Waals surface area contributed by atoms with Crippen LogP contribution in [0.5, 0.6) is 0 Å². The topological polar surface area (TPSA) is 70.7 Å². The van der Waals surface area contributed by atoms with E-state index in [1.54, 1.807) is 0 Å². The van der Waals surface area contributed by atoms with E-state index in [9.17, 15) is 4.79 Å². The van der Waals surface area contributed by atoms with Crippen molar-refractivity contribution >= 4 is 23.4 Å². The molecule has 0 spiro atoms. The van der Waals surface area contributed by atoms with Crippen molar-refractivity contribution in [3.63, 3.8) is 0 Å². The van der Waals surface area contributed by atoms with Gasteiger partial charge >= 0.3 is 0 Å². The highest BCUT2D eigenvalue weighted by atomic mass is 32.2. The number of thioether (sulfide) groups is 1. The van der Waals surface area contributed by atoms with Crippen molar-refractivity contribution in [1.82, 2.24) is 15.2 Å². The van der Waals surface area contributed by atoms with E-state index in [2.05, 4.69) is 20.5 Å². The quantitative estimate of drug-likeness (QED) is 0.678. The summed E-state index contributed by atoms with van der Waals surface area (Å²) < 4.78 is 0. The van der Waals surface area contributed by atoms with Gasteiger partial charge in [0.2, 0.25) is 11.1 Å². The first-order valence-corrected chi connectivity index (χ1v) is 8.99. The van der Waals surface area contributed by atoms with E-state index in [-0.39, 0.29) is 11.7 Å². The highest BCUT2D eigenvalue weighted by Gasteiger charge is 2.10. The average molecular weight is 352 g/mol. The van der Waals surface area contributed by atoms with Gasteiger partial charge in [-0.05, 0) is 44.0 Å². The normalized spacial score (nSPS) is 10.7. The largest absolute Gasteiger partial charge is 0.325 e. The van der Waals surface area contributed by atoms with Crippen LogP contribution >= 0.6 is 11.8 Å². The Morgan fingerprint density at radius 3 is 2.72 bits per heavy atom. The van der Waals surface area contributed by atoms with Gasteiger partial charge in [-0.25, -0.2) is 4.98 Å². The summed E-state index contributed by atoms with van der Waals surface area (Å²) in [7, 11) is 0. The summed E-state index contributed by atoms with van der Waals surface area (Å²) in [5.41, 5.74) is 5.16. The minimum atomic E-state index is -0.0689. The molecule has 0 saturated heterocycles. The van der Waals surface area contributed by atoms with Crippen molar-refractivity contribution in [1.29, 1.82) is 0 Å². The number of H-pyrrole nitrogens is 1. The molecular formula is C19H20N4OS. The van der Waals surface area contributed by atoms with Gasteiger partial charge in [-0.3, -0.25) is 9.89 Å². The van der Waals surface area contributed by atoms with E-state index >= 15 is 0 Å². The van der Waals surface area contributed by atoms with Crippen LogP contribution in [0, 0.1) is 20.8 Å². The zero-order valence-corrected chi connectivity index (χ0v) is 15.3. The highest BCUT2D eigenvalue weighted by molar-refractivity contribution is 7.99. The van der Waals surface area contributed by atoms with E-state index in [0.29, 0.717) is 11.0 Å². The Hall–Kier alpha value is -2.60. The van der Waals surface area contributed by atoms with Crippen molar-refractivity contribution in [2.45, 2.75) is 25.9 Å². The van der Waals surface area contributed by atoms with Crippen LogP contribution in [0.3, 0.4) is 0 Å². The van der Waals surface area contributed by atoms with Gasteiger partial charge in [-0.2, -0.15) is 0 Å². The second-order valence-electron chi connectivity index (χ2n) is 5.99. The van der Waals surface area contributed by atoms with Gasteiger partial charge in [-0.1, -0.05) is 47.7 Å². The third kappa shape index (κ3) is 4.48. The summed E-state index contributed by atoms with van der Waals surface area (Å²) in [5.74, 6) is 0.903. The van der Waals surface area contributed by atoms with Gasteiger partial charge in [0, 0.05) is 11.3 Å². The van der Waals surface area contributed by atoms with Gasteiger partial charge in [0.1, 0.15) is 0 Å². The van der Waals surface area contributed by atoms with E-state index in [1.165, 1.54) is 11.8 Å². The Kier molecular flexibility index (Phi) is 5.19. The maximum atomic E-state index is 12.2. The number of aromatic amines is 1. The van der Waals surface area contributed by atoms with Gasteiger partial charge < -0.3 is 5.32 Å². The smallest absolute Gasteiger partial charge is 0.234 e. The number of nitrogens with one attached hydrogen (secondary N) is 2. The first-order chi connectivity index (χ1) is 12.0. The van der Waals surface area contributed by atoms with Crippen LogP contribution in [0.1, 0.15) is 16.7 Å². The number of carbonyl (C=O) groups is 1. The van der Waals surface area contributed by atoms with Crippen LogP contribution in [-0.2, 0) is 4.79 Å². The minimum Gasteiger partial charge on any atom is -0.325 e. The first kappa shape index (κ1) is 17.2. The molecule has 128 valence electrons. The van der Waals surface area contributed by atoms with Crippen LogP contribution < -0.4 is 5.32 Å². The monoisotopic (exact) mass is 352 g/mol. The summed E-state index contributed by atoms with van der Waals surface area (Å²) in [4.78, 5) is 16.6. The molecule has 2 N–H and O–H groups in total. The van der Waals surface area contributed by atoms with E-state index in [0.717, 1.165) is 27.9 Å². The molecule has 3 aromatic rings. The predicted molar refractivity (Wildman–Crippen MR) is 102 cm³/mol. The third-order valence-corrected chi connectivity index (χ3v) is 4.60. The molecule has 2 aromatic carbocycles. The molecule has 0 aliphatic heterocycles. The molecule has 0 radical (unpaired) electrons. The number of aryl methyl sites for hydroxylation is 3. The zero-order chi connectivity index (χ0) is 17.8. The van der Waals surface area contributed by atoms with E-state index in [4.69, 9.17) is 0 Å². The molecule has 5 nitrogen and oxygen atoms in total. The lowest BCUT2D eigenvalue weighted by molar-refractivity contribution is -0.113. The van der Waals surface area contributed by atoms with Crippen molar-refractivity contribution in [2.75, 3.05) is 11.1 Å². The average Bonchev–Trinajstić information content (AvgIpc) is 3.05. The van der Waals surface area contributed by atoms with Crippen LogP contribution in [-0.4, -0.2) is 26.8 Å². The molecule has 0 aliphatic rings. The van der Waals surface area contributed by atoms with Crippen LogP contribution in [0.25, 0.3) is 11.4 Å². The zero-order valence-electron chi connectivity index (χ0n) is 14.5. The molecular weight excluding hydrogens is 332 g/mol. The fraction of sp³-hybridized carbons (Fsp3) is 0.211. The molecule has 0 bridgehead atoms. The number of rotatable bonds is 5. The number of nitrogens with zero attached hydrogens (tertiary/aromatic N) is 2. The molecule has 0 atom stereocenters. The minimum absolute atomic E-state index is 0.0689. The Balaban J connectivity index is 1.60. The highest BCUT2D eigenvalue weighted by Crippen LogP contribution is 2.21. The van der Waals surface area contributed by atoms with Crippen LogP contribution in [0.4, 0.5) is 5.69 Å². The molecule has 0 saturated carbocycles. The Labute approximate surface area is 151 Å². The lowest BCUT2D eigenvalue weighted by atomic mass is 10.1. The molecule has 1 aromatic heterocycles. The predicted octanol–water partition coefficient (Wildman–Crippen LogP) is 4.13. The fourth-order valence-electron chi connectivity index (χ4n) is 2.42. The maximum Gasteiger partial charge on any atom is 0.234 e. The Morgan fingerprint density at radius 1 is 1.12 bits per heavy atom. The number of hydrogen-bond acceptors (Lipinski definition) is 4. The molecule has 25 heavy (non-hydrogen) atoms. The molecule has 6 heteroatoms. The molecule has 0 fully saturated rings. The summed E-state index contributed by atoms with van der Waals surface area (Å²) in [6.07, 6.45) is 0. The lowest BCUT2D eigenvalue weighted by Crippen LogP contribution is -2.15. The lowest BCUT2D eigenvalue weighted by Gasteiger charge is -2.08. The Bertz CT molecular complexity index is 904. The molecule has 0 aliphatic carbocycles. The standard InChI is InChI=1S/C19H20N4OS/c1-12-5-4-6-15(9-12)18-21-19(23-22-18)25-11-17(24)20-16-10-13(2)7-8-14(16)3/h4-10H,11H2,1-3H3,(H,20,24)(H,21,22,23).